The van der Waals surface area contributed by atoms with E-state index in [-0.39, 0.29) is 0 Å². The van der Waals surface area contributed by atoms with Crippen LogP contribution in [0.25, 0.3) is 0 Å². The number of ether oxygens (including phenoxy) is 1. The van der Waals surface area contributed by atoms with Crippen LogP contribution in [-0.4, -0.2) is 17.2 Å². The molecular formula is C11H14O3. The zero-order valence-electron chi connectivity index (χ0n) is 8.36. The lowest BCUT2D eigenvalue weighted by Crippen LogP contribution is -2.26. The van der Waals surface area contributed by atoms with E-state index in [2.05, 4.69) is 0 Å². The molecule has 0 saturated carbocycles. The van der Waals surface area contributed by atoms with Crippen LogP contribution in [0.5, 0.6) is 5.75 Å². The minimum Gasteiger partial charge on any atom is -0.479 e. The van der Waals surface area contributed by atoms with E-state index in [0.717, 1.165) is 5.56 Å². The van der Waals surface area contributed by atoms with Gasteiger partial charge in [0.15, 0.2) is 6.10 Å². The van der Waals surface area contributed by atoms with Crippen LogP contribution in [0.4, 0.5) is 0 Å². The molecule has 76 valence electrons. The number of hydrogen-bond acceptors (Lipinski definition) is 2. The highest BCUT2D eigenvalue weighted by Crippen LogP contribution is 2.18. The third-order valence-corrected chi connectivity index (χ3v) is 2.01. The minimum atomic E-state index is -0.921. The van der Waals surface area contributed by atoms with Crippen molar-refractivity contribution in [1.82, 2.24) is 0 Å². The number of aliphatic carboxylic acids is 1. The number of carbonyl (C=O) groups is 1. The lowest BCUT2D eigenvalue weighted by atomic mass is 10.2. The average Bonchev–Trinajstić information content (AvgIpc) is 2.16. The first-order valence-corrected chi connectivity index (χ1v) is 4.60. The molecule has 0 bridgehead atoms. The summed E-state index contributed by atoms with van der Waals surface area (Å²) in [5.74, 6) is -0.280. The molecule has 0 heterocycles. The second kappa shape index (κ2) is 4.65. The van der Waals surface area contributed by atoms with Gasteiger partial charge in [0.25, 0.3) is 0 Å². The standard InChI is InChI=1S/C11H14O3/c1-3-9(11(12)13)14-10-7-5-4-6-8(10)2/h4-7,9H,3H2,1-2H3,(H,12,13)/t9-/m1/s1. The van der Waals surface area contributed by atoms with Crippen molar-refractivity contribution >= 4 is 5.97 Å². The molecule has 0 amide bonds. The summed E-state index contributed by atoms with van der Waals surface area (Å²) >= 11 is 0. The molecule has 0 aromatic heterocycles. The Bertz CT molecular complexity index is 320. The predicted octanol–water partition coefficient (Wildman–Crippen LogP) is 2.24. The van der Waals surface area contributed by atoms with Crippen LogP contribution in [0, 0.1) is 6.92 Å². The van der Waals surface area contributed by atoms with Gasteiger partial charge in [-0.05, 0) is 25.0 Å². The fraction of sp³-hybridized carbons (Fsp3) is 0.364. The largest absolute Gasteiger partial charge is 0.479 e. The summed E-state index contributed by atoms with van der Waals surface area (Å²) in [4.78, 5) is 10.7. The van der Waals surface area contributed by atoms with Crippen LogP contribution in [0.1, 0.15) is 18.9 Å². The van der Waals surface area contributed by atoms with Crippen LogP contribution in [-0.2, 0) is 4.79 Å². The maximum atomic E-state index is 10.7. The molecule has 14 heavy (non-hydrogen) atoms. The van der Waals surface area contributed by atoms with Crippen molar-refractivity contribution < 1.29 is 14.6 Å². The molecule has 1 rings (SSSR count). The molecule has 0 unspecified atom stereocenters. The normalized spacial score (nSPS) is 12.1. The molecule has 1 N–H and O–H groups in total. The Labute approximate surface area is 83.3 Å². The van der Waals surface area contributed by atoms with Crippen molar-refractivity contribution in [3.8, 4) is 5.75 Å². The summed E-state index contributed by atoms with van der Waals surface area (Å²) in [6.45, 7) is 3.68. The predicted molar refractivity (Wildman–Crippen MR) is 53.5 cm³/mol. The molecule has 0 fully saturated rings. The van der Waals surface area contributed by atoms with Gasteiger partial charge >= 0.3 is 5.97 Å². The highest BCUT2D eigenvalue weighted by molar-refractivity contribution is 5.72. The van der Waals surface area contributed by atoms with E-state index in [9.17, 15) is 4.79 Å². The molecule has 0 radical (unpaired) electrons. The Hall–Kier alpha value is -1.51. The second-order valence-corrected chi connectivity index (χ2v) is 3.12. The number of carboxylic acid groups (broad SMARTS) is 1. The summed E-state index contributed by atoms with van der Waals surface area (Å²) in [6.07, 6.45) is -0.292. The second-order valence-electron chi connectivity index (χ2n) is 3.12. The average molecular weight is 194 g/mol. The Balaban J connectivity index is 2.77. The number of hydrogen-bond donors (Lipinski definition) is 1. The fourth-order valence-electron chi connectivity index (χ4n) is 1.15. The smallest absolute Gasteiger partial charge is 0.344 e. The molecule has 1 aromatic rings. The van der Waals surface area contributed by atoms with E-state index in [1.807, 2.05) is 25.1 Å². The van der Waals surface area contributed by atoms with Gasteiger partial charge in [0.2, 0.25) is 0 Å². The van der Waals surface area contributed by atoms with Crippen LogP contribution < -0.4 is 4.74 Å². The minimum absolute atomic E-state index is 0.462. The summed E-state index contributed by atoms with van der Waals surface area (Å²) in [7, 11) is 0. The SMILES string of the molecule is CC[C@@H](Oc1ccccc1C)C(=O)O. The molecule has 3 nitrogen and oxygen atoms in total. The first-order chi connectivity index (χ1) is 6.65. The first-order valence-electron chi connectivity index (χ1n) is 4.60. The van der Waals surface area contributed by atoms with Crippen molar-refractivity contribution in [2.75, 3.05) is 0 Å². The van der Waals surface area contributed by atoms with Crippen molar-refractivity contribution in [2.24, 2.45) is 0 Å². The van der Waals surface area contributed by atoms with Gasteiger partial charge in [-0.2, -0.15) is 0 Å². The molecule has 1 aromatic carbocycles. The molecule has 0 spiro atoms. The van der Waals surface area contributed by atoms with Gasteiger partial charge < -0.3 is 9.84 Å². The zero-order valence-corrected chi connectivity index (χ0v) is 8.36. The summed E-state index contributed by atoms with van der Waals surface area (Å²) in [5, 5.41) is 8.80. The van der Waals surface area contributed by atoms with Gasteiger partial charge in [0.1, 0.15) is 5.75 Å². The molecular weight excluding hydrogens is 180 g/mol. The van der Waals surface area contributed by atoms with E-state index < -0.39 is 12.1 Å². The number of benzene rings is 1. The summed E-state index contributed by atoms with van der Waals surface area (Å²) in [6, 6.07) is 7.39. The highest BCUT2D eigenvalue weighted by atomic mass is 16.5. The van der Waals surface area contributed by atoms with Gasteiger partial charge in [-0.1, -0.05) is 25.1 Å². The summed E-state index contributed by atoms with van der Waals surface area (Å²) < 4.78 is 5.36. The van der Waals surface area contributed by atoms with Gasteiger partial charge in [-0.3, -0.25) is 0 Å². The quantitative estimate of drug-likeness (QED) is 0.799. The topological polar surface area (TPSA) is 46.5 Å². The molecule has 1 atom stereocenters. The van der Waals surface area contributed by atoms with Crippen molar-refractivity contribution in [3.05, 3.63) is 29.8 Å². The van der Waals surface area contributed by atoms with E-state index in [1.165, 1.54) is 0 Å². The third-order valence-electron chi connectivity index (χ3n) is 2.01. The van der Waals surface area contributed by atoms with E-state index in [0.29, 0.717) is 12.2 Å². The Morgan fingerprint density at radius 3 is 2.64 bits per heavy atom. The van der Waals surface area contributed by atoms with Crippen LogP contribution >= 0.6 is 0 Å². The van der Waals surface area contributed by atoms with Gasteiger partial charge in [-0.25, -0.2) is 4.79 Å². The van der Waals surface area contributed by atoms with Crippen LogP contribution in [0.3, 0.4) is 0 Å². The van der Waals surface area contributed by atoms with Gasteiger partial charge in [0, 0.05) is 0 Å². The first kappa shape index (κ1) is 10.6. The number of rotatable bonds is 4. The Kier molecular flexibility index (Phi) is 3.51. The number of aryl methyl sites for hydroxylation is 1. The fourth-order valence-corrected chi connectivity index (χ4v) is 1.15. The highest BCUT2D eigenvalue weighted by Gasteiger charge is 2.17. The molecule has 0 aliphatic heterocycles. The van der Waals surface area contributed by atoms with E-state index in [1.54, 1.807) is 13.0 Å². The monoisotopic (exact) mass is 194 g/mol. The maximum Gasteiger partial charge on any atom is 0.344 e. The third kappa shape index (κ3) is 2.49. The molecule has 3 heteroatoms. The molecule has 0 aliphatic rings. The summed E-state index contributed by atoms with van der Waals surface area (Å²) in [5.41, 5.74) is 0.951. The molecule has 0 aliphatic carbocycles. The number of para-hydroxylation sites is 1. The molecule has 0 saturated heterocycles. The Morgan fingerprint density at radius 1 is 1.50 bits per heavy atom. The lowest BCUT2D eigenvalue weighted by Gasteiger charge is -2.14. The van der Waals surface area contributed by atoms with Gasteiger partial charge in [-0.15, -0.1) is 0 Å². The maximum absolute atomic E-state index is 10.7. The van der Waals surface area contributed by atoms with Crippen molar-refractivity contribution in [3.63, 3.8) is 0 Å². The van der Waals surface area contributed by atoms with Gasteiger partial charge in [0.05, 0.1) is 0 Å². The Morgan fingerprint density at radius 2 is 2.14 bits per heavy atom. The van der Waals surface area contributed by atoms with E-state index in [4.69, 9.17) is 9.84 Å². The van der Waals surface area contributed by atoms with Crippen molar-refractivity contribution in [2.45, 2.75) is 26.4 Å². The van der Waals surface area contributed by atoms with Crippen molar-refractivity contribution in [1.29, 1.82) is 0 Å². The van der Waals surface area contributed by atoms with Crippen LogP contribution in [0.2, 0.25) is 0 Å². The number of carboxylic acids is 1. The zero-order chi connectivity index (χ0) is 10.6. The lowest BCUT2D eigenvalue weighted by molar-refractivity contribution is -0.145. The van der Waals surface area contributed by atoms with E-state index >= 15 is 0 Å². The van der Waals surface area contributed by atoms with Crippen LogP contribution in [0.15, 0.2) is 24.3 Å².